The van der Waals surface area contributed by atoms with Crippen LogP contribution in [0.1, 0.15) is 17.8 Å². The molecule has 0 aliphatic rings. The minimum atomic E-state index is -5.81. The average molecular weight is 235 g/mol. The van der Waals surface area contributed by atoms with Crippen LogP contribution in [0, 0.1) is 0 Å². The van der Waals surface area contributed by atoms with E-state index >= 15 is 0 Å². The fraction of sp³-hybridized carbons (Fsp3) is 0.429. The zero-order chi connectivity index (χ0) is 11.9. The maximum atomic E-state index is 12.5. The summed E-state index contributed by atoms with van der Waals surface area (Å²) in [6, 6.07) is 0.772. The molecule has 1 aromatic rings. The number of halogens is 7. The monoisotopic (exact) mass is 235 g/mol. The highest BCUT2D eigenvalue weighted by atomic mass is 19.4. The van der Waals surface area contributed by atoms with E-state index in [2.05, 4.69) is 0 Å². The molecule has 1 heterocycles. The van der Waals surface area contributed by atoms with E-state index < -0.39 is 29.9 Å². The first kappa shape index (κ1) is 11.9. The Morgan fingerprint density at radius 1 is 1.00 bits per heavy atom. The number of nitrogens with one attached hydrogen (secondary N) is 1. The molecule has 1 rings (SSSR count). The Hall–Kier alpha value is -1.21. The number of hydrogen-bond donors (Lipinski definition) is 1. The second-order valence-corrected chi connectivity index (χ2v) is 2.70. The number of aromatic nitrogens is 1. The minimum absolute atomic E-state index is 0.287. The third-order valence-corrected chi connectivity index (χ3v) is 1.64. The van der Waals surface area contributed by atoms with Gasteiger partial charge in [-0.2, -0.15) is 22.0 Å². The molecule has 1 N–H and O–H groups in total. The second-order valence-electron chi connectivity index (χ2n) is 2.70. The van der Waals surface area contributed by atoms with Crippen LogP contribution < -0.4 is 0 Å². The van der Waals surface area contributed by atoms with E-state index in [-0.39, 0.29) is 6.07 Å². The van der Waals surface area contributed by atoms with Gasteiger partial charge in [-0.25, -0.2) is 8.78 Å². The second kappa shape index (κ2) is 3.42. The third kappa shape index (κ3) is 2.07. The quantitative estimate of drug-likeness (QED) is 0.753. The summed E-state index contributed by atoms with van der Waals surface area (Å²) in [5, 5.41) is 0. The maximum absolute atomic E-state index is 12.5. The summed E-state index contributed by atoms with van der Waals surface area (Å²) in [7, 11) is 0. The summed E-state index contributed by atoms with van der Waals surface area (Å²) in [6.45, 7) is 0. The molecule has 0 radical (unpaired) electrons. The molecule has 0 fully saturated rings. The number of aromatic amines is 1. The molecule has 0 amide bonds. The first-order chi connectivity index (χ1) is 6.66. The molecule has 0 aromatic carbocycles. The van der Waals surface area contributed by atoms with E-state index in [1.54, 1.807) is 0 Å². The molecular weight excluding hydrogens is 231 g/mol. The van der Waals surface area contributed by atoms with Crippen molar-refractivity contribution < 1.29 is 30.7 Å². The summed E-state index contributed by atoms with van der Waals surface area (Å²) in [5.74, 6) is -5.15. The predicted molar refractivity (Wildman–Crippen MR) is 35.7 cm³/mol. The van der Waals surface area contributed by atoms with Gasteiger partial charge >= 0.3 is 12.1 Å². The summed E-state index contributed by atoms with van der Waals surface area (Å²) >= 11 is 0. The first-order valence-corrected chi connectivity index (χ1v) is 3.58. The number of H-pyrrole nitrogens is 1. The molecule has 0 aliphatic carbocycles. The smallest absolute Gasteiger partial charge is 0.352 e. The Morgan fingerprint density at radius 2 is 1.53 bits per heavy atom. The Labute approximate surface area is 78.9 Å². The molecule has 86 valence electrons. The zero-order valence-corrected chi connectivity index (χ0v) is 6.88. The number of hydrogen-bond acceptors (Lipinski definition) is 0. The Kier molecular flexibility index (Phi) is 2.71. The fourth-order valence-corrected chi connectivity index (χ4v) is 0.875. The average Bonchev–Trinajstić information content (AvgIpc) is 2.49. The van der Waals surface area contributed by atoms with Crippen LogP contribution in [0.4, 0.5) is 30.7 Å². The van der Waals surface area contributed by atoms with E-state index in [9.17, 15) is 30.7 Å². The van der Waals surface area contributed by atoms with Crippen LogP contribution in [0.25, 0.3) is 0 Å². The topological polar surface area (TPSA) is 15.8 Å². The van der Waals surface area contributed by atoms with Gasteiger partial charge in [0.2, 0.25) is 0 Å². The molecular formula is C7H4F7N. The summed E-state index contributed by atoms with van der Waals surface area (Å²) in [5.41, 5.74) is -2.57. The lowest BCUT2D eigenvalue weighted by atomic mass is 10.2. The lowest BCUT2D eigenvalue weighted by Gasteiger charge is -2.17. The van der Waals surface area contributed by atoms with Crippen LogP contribution in [0.15, 0.2) is 12.1 Å². The van der Waals surface area contributed by atoms with Crippen molar-refractivity contribution in [3.63, 3.8) is 0 Å². The van der Waals surface area contributed by atoms with Crippen molar-refractivity contribution >= 4 is 0 Å². The van der Waals surface area contributed by atoms with Gasteiger partial charge in [-0.1, -0.05) is 0 Å². The van der Waals surface area contributed by atoms with Gasteiger partial charge in [-0.3, -0.25) is 0 Å². The van der Waals surface area contributed by atoms with Crippen molar-refractivity contribution in [2.45, 2.75) is 18.5 Å². The van der Waals surface area contributed by atoms with Crippen LogP contribution in [0.5, 0.6) is 0 Å². The lowest BCUT2D eigenvalue weighted by Crippen LogP contribution is -2.34. The third-order valence-electron chi connectivity index (χ3n) is 1.64. The molecule has 8 heteroatoms. The van der Waals surface area contributed by atoms with Crippen molar-refractivity contribution in [2.75, 3.05) is 0 Å². The van der Waals surface area contributed by atoms with E-state index in [4.69, 9.17) is 0 Å². The summed E-state index contributed by atoms with van der Waals surface area (Å²) in [6.07, 6.45) is -8.93. The lowest BCUT2D eigenvalue weighted by molar-refractivity contribution is -0.290. The van der Waals surface area contributed by atoms with Gasteiger partial charge in [0, 0.05) is 0 Å². The molecule has 1 aromatic heterocycles. The predicted octanol–water partition coefficient (Wildman–Crippen LogP) is 3.61. The minimum Gasteiger partial charge on any atom is -0.352 e. The van der Waals surface area contributed by atoms with Crippen molar-refractivity contribution in [1.29, 1.82) is 0 Å². The Bertz CT molecular complexity index is 337. The highest BCUT2D eigenvalue weighted by Crippen LogP contribution is 2.43. The molecule has 1 nitrogen and oxygen atoms in total. The van der Waals surface area contributed by atoms with E-state index in [0.717, 1.165) is 0 Å². The highest BCUT2D eigenvalue weighted by molar-refractivity contribution is 5.19. The molecule has 15 heavy (non-hydrogen) atoms. The van der Waals surface area contributed by atoms with Crippen molar-refractivity contribution in [3.8, 4) is 0 Å². The zero-order valence-electron chi connectivity index (χ0n) is 6.88. The molecule has 0 bridgehead atoms. The van der Waals surface area contributed by atoms with E-state index in [0.29, 0.717) is 6.07 Å². The highest BCUT2D eigenvalue weighted by Gasteiger charge is 2.59. The maximum Gasteiger partial charge on any atom is 0.459 e. The standard InChI is InChI=1S/C7H4F7N/c8-5(9)3-1-2-4(15-3)6(10,11)7(12,13)14/h1-2,5,15H. The molecule has 0 aliphatic heterocycles. The normalized spacial score (nSPS) is 13.6. The first-order valence-electron chi connectivity index (χ1n) is 3.58. The van der Waals surface area contributed by atoms with Crippen LogP contribution in [0.2, 0.25) is 0 Å². The van der Waals surface area contributed by atoms with E-state index in [1.807, 2.05) is 0 Å². The van der Waals surface area contributed by atoms with Crippen molar-refractivity contribution in [3.05, 3.63) is 23.5 Å². The largest absolute Gasteiger partial charge is 0.459 e. The Morgan fingerprint density at radius 3 is 1.87 bits per heavy atom. The van der Waals surface area contributed by atoms with Crippen LogP contribution in [-0.2, 0) is 5.92 Å². The van der Waals surface area contributed by atoms with Gasteiger partial charge in [0.15, 0.2) is 0 Å². The number of rotatable bonds is 2. The SMILES string of the molecule is FC(F)c1ccc(C(F)(F)C(F)(F)F)[nH]1. The van der Waals surface area contributed by atoms with Crippen LogP contribution >= 0.6 is 0 Å². The van der Waals surface area contributed by atoms with Gasteiger partial charge in [0.1, 0.15) is 0 Å². The van der Waals surface area contributed by atoms with Crippen LogP contribution in [-0.4, -0.2) is 11.2 Å². The van der Waals surface area contributed by atoms with Crippen molar-refractivity contribution in [2.24, 2.45) is 0 Å². The molecule has 0 spiro atoms. The van der Waals surface area contributed by atoms with Gasteiger partial charge in [0.05, 0.1) is 11.4 Å². The summed E-state index contributed by atoms with van der Waals surface area (Å²) in [4.78, 5) is 1.34. The molecule has 0 atom stereocenters. The van der Waals surface area contributed by atoms with Crippen molar-refractivity contribution in [1.82, 2.24) is 4.98 Å². The number of alkyl halides is 7. The van der Waals surface area contributed by atoms with E-state index in [1.165, 1.54) is 4.98 Å². The Balaban J connectivity index is 3.06. The molecule has 0 unspecified atom stereocenters. The molecule has 0 saturated heterocycles. The molecule has 0 saturated carbocycles. The fourth-order valence-electron chi connectivity index (χ4n) is 0.875. The van der Waals surface area contributed by atoms with Gasteiger partial charge < -0.3 is 4.98 Å². The summed E-state index contributed by atoms with van der Waals surface area (Å²) < 4.78 is 84.2. The van der Waals surface area contributed by atoms with Gasteiger partial charge in [0.25, 0.3) is 6.43 Å². The van der Waals surface area contributed by atoms with Gasteiger partial charge in [-0.15, -0.1) is 0 Å². The van der Waals surface area contributed by atoms with Crippen LogP contribution in [0.3, 0.4) is 0 Å². The van der Waals surface area contributed by atoms with Gasteiger partial charge in [-0.05, 0) is 12.1 Å².